The molecule has 1 fully saturated rings. The number of amides is 1. The van der Waals surface area contributed by atoms with E-state index < -0.39 is 0 Å². The van der Waals surface area contributed by atoms with Crippen molar-refractivity contribution in [1.29, 1.82) is 0 Å². The summed E-state index contributed by atoms with van der Waals surface area (Å²) in [6.45, 7) is 9.80. The topological polar surface area (TPSA) is 23.6 Å². The lowest BCUT2D eigenvalue weighted by atomic mass is 9.95. The first kappa shape index (κ1) is 23.3. The van der Waals surface area contributed by atoms with E-state index in [0.717, 1.165) is 38.2 Å². The zero-order valence-corrected chi connectivity index (χ0v) is 20.2. The molecule has 1 heterocycles. The van der Waals surface area contributed by atoms with Crippen LogP contribution in [0.5, 0.6) is 0 Å². The normalized spacial score (nSPS) is 15.7. The number of carbonyl (C=O) groups is 1. The third kappa shape index (κ3) is 5.72. The molecule has 3 heteroatoms. The van der Waals surface area contributed by atoms with E-state index >= 15 is 0 Å². The van der Waals surface area contributed by atoms with Crippen molar-refractivity contribution in [2.24, 2.45) is 5.92 Å². The van der Waals surface area contributed by atoms with Gasteiger partial charge in [-0.25, -0.2) is 0 Å². The van der Waals surface area contributed by atoms with Gasteiger partial charge in [-0.3, -0.25) is 9.69 Å². The summed E-state index contributed by atoms with van der Waals surface area (Å²) in [6, 6.07) is 30.3. The van der Waals surface area contributed by atoms with Crippen LogP contribution in [-0.2, 0) is 11.2 Å². The van der Waals surface area contributed by atoms with Crippen LogP contribution in [0.1, 0.15) is 55.0 Å². The van der Waals surface area contributed by atoms with Gasteiger partial charge in [-0.1, -0.05) is 98.8 Å². The Morgan fingerprint density at radius 1 is 0.697 bits per heavy atom. The maximum atomic E-state index is 13.3. The van der Waals surface area contributed by atoms with Crippen molar-refractivity contribution in [3.63, 3.8) is 0 Å². The fraction of sp³-hybridized carbons (Fsp3) is 0.367. The largest absolute Gasteiger partial charge is 0.340 e. The van der Waals surface area contributed by atoms with Gasteiger partial charge in [-0.05, 0) is 41.5 Å². The van der Waals surface area contributed by atoms with Crippen LogP contribution < -0.4 is 0 Å². The summed E-state index contributed by atoms with van der Waals surface area (Å²) in [5.74, 6) is 0.771. The monoisotopic (exact) mass is 440 g/mol. The highest BCUT2D eigenvalue weighted by Gasteiger charge is 2.30. The Hall–Kier alpha value is -2.91. The van der Waals surface area contributed by atoms with Crippen molar-refractivity contribution < 1.29 is 4.79 Å². The molecule has 1 aliphatic heterocycles. The van der Waals surface area contributed by atoms with E-state index in [1.807, 2.05) is 6.92 Å². The van der Waals surface area contributed by atoms with Gasteiger partial charge in [0.15, 0.2) is 0 Å². The van der Waals surface area contributed by atoms with E-state index in [0.29, 0.717) is 5.92 Å². The molecule has 3 nitrogen and oxygen atoms in total. The lowest BCUT2D eigenvalue weighted by Gasteiger charge is -2.40. The summed E-state index contributed by atoms with van der Waals surface area (Å²) >= 11 is 0. The summed E-state index contributed by atoms with van der Waals surface area (Å²) in [4.78, 5) is 17.9. The molecule has 0 spiro atoms. The minimum Gasteiger partial charge on any atom is -0.340 e. The molecular weight excluding hydrogens is 404 g/mol. The smallest absolute Gasteiger partial charge is 0.229 e. The second-order valence-corrected chi connectivity index (χ2v) is 9.65. The Morgan fingerprint density at radius 2 is 1.21 bits per heavy atom. The summed E-state index contributed by atoms with van der Waals surface area (Å²) in [5, 5.41) is 0. The summed E-state index contributed by atoms with van der Waals surface area (Å²) in [5.41, 5.74) is 5.06. The highest BCUT2D eigenvalue weighted by molar-refractivity contribution is 5.83. The fourth-order valence-corrected chi connectivity index (χ4v) is 4.92. The van der Waals surface area contributed by atoms with Gasteiger partial charge in [-0.15, -0.1) is 0 Å². The van der Waals surface area contributed by atoms with Crippen LogP contribution in [0, 0.1) is 5.92 Å². The highest BCUT2D eigenvalue weighted by atomic mass is 16.2. The Balaban J connectivity index is 1.42. The zero-order chi connectivity index (χ0) is 23.2. The number of piperazine rings is 1. The average Bonchev–Trinajstić information content (AvgIpc) is 2.85. The first-order chi connectivity index (χ1) is 16.0. The van der Waals surface area contributed by atoms with Crippen molar-refractivity contribution in [2.45, 2.75) is 39.2 Å². The van der Waals surface area contributed by atoms with E-state index in [4.69, 9.17) is 0 Å². The fourth-order valence-electron chi connectivity index (χ4n) is 4.92. The quantitative estimate of drug-likeness (QED) is 0.455. The van der Waals surface area contributed by atoms with Crippen molar-refractivity contribution in [2.75, 3.05) is 26.2 Å². The Morgan fingerprint density at radius 3 is 1.70 bits per heavy atom. The van der Waals surface area contributed by atoms with E-state index in [1.165, 1.54) is 16.7 Å². The molecule has 3 aromatic rings. The van der Waals surface area contributed by atoms with Gasteiger partial charge in [0.25, 0.3) is 0 Å². The summed E-state index contributed by atoms with van der Waals surface area (Å²) < 4.78 is 0. The molecule has 1 amide bonds. The number of hydrogen-bond acceptors (Lipinski definition) is 2. The van der Waals surface area contributed by atoms with Crippen LogP contribution in [0.2, 0.25) is 0 Å². The van der Waals surface area contributed by atoms with Crippen molar-refractivity contribution in [3.8, 4) is 0 Å². The van der Waals surface area contributed by atoms with Crippen molar-refractivity contribution >= 4 is 5.91 Å². The van der Waals surface area contributed by atoms with Gasteiger partial charge in [-0.2, -0.15) is 0 Å². The Bertz CT molecular complexity index is 967. The van der Waals surface area contributed by atoms with Crippen LogP contribution >= 0.6 is 0 Å². The summed E-state index contributed by atoms with van der Waals surface area (Å²) in [6.07, 6.45) is 1.08. The van der Waals surface area contributed by atoms with Crippen LogP contribution in [-0.4, -0.2) is 41.9 Å². The van der Waals surface area contributed by atoms with E-state index in [2.05, 4.69) is 109 Å². The number of carbonyl (C=O) groups excluding carboxylic acids is 1. The van der Waals surface area contributed by atoms with Gasteiger partial charge >= 0.3 is 0 Å². The van der Waals surface area contributed by atoms with Gasteiger partial charge in [0, 0.05) is 26.2 Å². The minimum atomic E-state index is -0.108. The van der Waals surface area contributed by atoms with Crippen molar-refractivity contribution in [3.05, 3.63) is 107 Å². The predicted octanol–water partition coefficient (Wildman–Crippen LogP) is 5.92. The lowest BCUT2D eigenvalue weighted by Crippen LogP contribution is -2.50. The summed E-state index contributed by atoms with van der Waals surface area (Å²) in [7, 11) is 0. The molecule has 1 aliphatic rings. The maximum Gasteiger partial charge on any atom is 0.229 e. The molecular formula is C30H36N2O. The van der Waals surface area contributed by atoms with E-state index in [1.54, 1.807) is 0 Å². The molecule has 1 atom stereocenters. The Labute approximate surface area is 199 Å². The molecule has 3 aromatic carbocycles. The first-order valence-electron chi connectivity index (χ1n) is 12.2. The van der Waals surface area contributed by atoms with Crippen molar-refractivity contribution in [1.82, 2.24) is 9.80 Å². The average molecular weight is 441 g/mol. The van der Waals surface area contributed by atoms with Crippen LogP contribution in [0.3, 0.4) is 0 Å². The highest BCUT2D eigenvalue weighted by Crippen LogP contribution is 2.30. The van der Waals surface area contributed by atoms with Crippen LogP contribution in [0.4, 0.5) is 0 Å². The van der Waals surface area contributed by atoms with Gasteiger partial charge in [0.05, 0.1) is 12.0 Å². The molecule has 0 saturated carbocycles. The van der Waals surface area contributed by atoms with Crippen LogP contribution in [0.25, 0.3) is 0 Å². The maximum absolute atomic E-state index is 13.3. The Kier molecular flexibility index (Phi) is 7.61. The third-order valence-electron chi connectivity index (χ3n) is 6.72. The van der Waals surface area contributed by atoms with E-state index in [-0.39, 0.29) is 17.9 Å². The second kappa shape index (κ2) is 10.8. The predicted molar refractivity (Wildman–Crippen MR) is 136 cm³/mol. The number of benzene rings is 3. The molecule has 0 aromatic heterocycles. The number of hydrogen-bond donors (Lipinski definition) is 0. The molecule has 1 saturated heterocycles. The van der Waals surface area contributed by atoms with Gasteiger partial charge < -0.3 is 4.90 Å². The molecule has 0 radical (unpaired) electrons. The molecule has 0 N–H and O–H groups in total. The number of nitrogens with zero attached hydrogens (tertiary/aromatic N) is 2. The second-order valence-electron chi connectivity index (χ2n) is 9.65. The molecule has 172 valence electrons. The zero-order valence-electron chi connectivity index (χ0n) is 20.2. The number of rotatable bonds is 7. The van der Waals surface area contributed by atoms with Gasteiger partial charge in [0.1, 0.15) is 0 Å². The molecule has 0 bridgehead atoms. The van der Waals surface area contributed by atoms with Crippen LogP contribution in [0.15, 0.2) is 84.9 Å². The standard InChI is InChI=1S/C30H36N2O/c1-23(2)22-25-14-16-26(17-15-25)24(3)30(33)32-20-18-31(19-21-32)29(27-10-6-4-7-11-27)28-12-8-5-9-13-28/h4-17,23-24,29H,18-22H2,1-3H3. The first-order valence-corrected chi connectivity index (χ1v) is 12.2. The van der Waals surface area contributed by atoms with E-state index in [9.17, 15) is 4.79 Å². The lowest BCUT2D eigenvalue weighted by molar-refractivity contribution is -0.134. The molecule has 0 aliphatic carbocycles. The SMILES string of the molecule is CC(C)Cc1ccc(C(C)C(=O)N2CCN(C(c3ccccc3)c3ccccc3)CC2)cc1. The molecule has 33 heavy (non-hydrogen) atoms. The third-order valence-corrected chi connectivity index (χ3v) is 6.72. The van der Waals surface area contributed by atoms with Gasteiger partial charge in [0.2, 0.25) is 5.91 Å². The molecule has 4 rings (SSSR count). The minimum absolute atomic E-state index is 0.108. The molecule has 1 unspecified atom stereocenters.